The Morgan fingerprint density at radius 1 is 0.770 bits per heavy atom. The van der Waals surface area contributed by atoms with Crippen LogP contribution in [0.5, 0.6) is 0 Å². The summed E-state index contributed by atoms with van der Waals surface area (Å²) in [5.41, 5.74) is -3.34. The van der Waals surface area contributed by atoms with Crippen molar-refractivity contribution in [2.45, 2.75) is 187 Å². The maximum atomic E-state index is 15.4. The molecule has 7 unspecified atom stereocenters. The summed E-state index contributed by atoms with van der Waals surface area (Å²) in [4.78, 5) is 77.1. The van der Waals surface area contributed by atoms with Crippen LogP contribution in [-0.2, 0) is 34.2 Å². The standard InChI is InChI=1S/C46H75N7O7S/c1-10-31-27-46(31,40(58)50-61(59,60)51-24-16-17-25-51)49-37(55)33-28-45(42(7,8)44(45)22-18-23-44)29-53(33)39(57)35(41(4,5)6)48-38(56)34(43(9)20-13-11-14-21-43)47-36(54)32-19-12-15-26-52(32)30(2)3/h10,30-35H,1,11-29H2,2-9H3,(H,47,54)(H,48,56)(H,49,55)(H,50,58). The summed E-state index contributed by atoms with van der Waals surface area (Å²) in [6.45, 7) is 22.1. The fourth-order valence-electron chi connectivity index (χ4n) is 12.9. The molecular formula is C46H75N7O7S. The number of amides is 5. The average Bonchev–Trinajstić information content (AvgIpc) is 3.63. The molecule has 14 nitrogen and oxygen atoms in total. The van der Waals surface area contributed by atoms with Crippen molar-refractivity contribution in [1.29, 1.82) is 0 Å². The predicted molar refractivity (Wildman–Crippen MR) is 234 cm³/mol. The van der Waals surface area contributed by atoms with E-state index in [2.05, 4.69) is 66.8 Å². The minimum absolute atomic E-state index is 0.0237. The van der Waals surface area contributed by atoms with E-state index in [-0.39, 0.29) is 46.6 Å². The van der Waals surface area contributed by atoms with E-state index >= 15 is 4.79 Å². The minimum atomic E-state index is -4.11. The largest absolute Gasteiger partial charge is 0.342 e. The molecule has 0 aromatic heterocycles. The Kier molecular flexibility index (Phi) is 12.2. The first kappa shape index (κ1) is 46.0. The summed E-state index contributed by atoms with van der Waals surface area (Å²) in [5.74, 6) is -2.73. The zero-order chi connectivity index (χ0) is 44.6. The van der Waals surface area contributed by atoms with Crippen molar-refractivity contribution in [3.63, 3.8) is 0 Å². The maximum Gasteiger partial charge on any atom is 0.303 e. The SMILES string of the molecule is C=CC1CC1(NC(=O)C1CC2(CN1C(=O)C(NC(=O)C(NC(=O)C1CCCCN1C(C)C)C1(C)CCCCC1)C(C)(C)C)C(C)(C)C21CCC1)C(=O)NS(=O)(=O)N1CCCC1. The van der Waals surface area contributed by atoms with E-state index in [1.54, 1.807) is 11.0 Å². The lowest BCUT2D eigenvalue weighted by Gasteiger charge is -2.44. The van der Waals surface area contributed by atoms with Crippen molar-refractivity contribution in [1.82, 2.24) is 34.8 Å². The van der Waals surface area contributed by atoms with Crippen LogP contribution in [-0.4, -0.2) is 114 Å². The number of carbonyl (C=O) groups is 5. The van der Waals surface area contributed by atoms with E-state index in [0.29, 0.717) is 38.9 Å². The monoisotopic (exact) mass is 870 g/mol. The molecule has 5 amide bonds. The van der Waals surface area contributed by atoms with E-state index in [1.165, 1.54) is 4.31 Å². The Morgan fingerprint density at radius 3 is 1.95 bits per heavy atom. The zero-order valence-corrected chi connectivity index (χ0v) is 39.1. The highest BCUT2D eigenvalue weighted by Crippen LogP contribution is 2.88. The Balaban J connectivity index is 1.17. The molecule has 3 heterocycles. The van der Waals surface area contributed by atoms with Gasteiger partial charge < -0.3 is 20.9 Å². The third kappa shape index (κ3) is 7.75. The first-order valence-electron chi connectivity index (χ1n) is 23.4. The number of likely N-dealkylation sites (tertiary alicyclic amines) is 2. The lowest BCUT2D eigenvalue weighted by atomic mass is 9.70. The van der Waals surface area contributed by atoms with E-state index in [1.807, 2.05) is 20.8 Å². The first-order valence-corrected chi connectivity index (χ1v) is 24.9. The van der Waals surface area contributed by atoms with Crippen molar-refractivity contribution in [3.05, 3.63) is 12.7 Å². The molecular weight excluding hydrogens is 795 g/mol. The fourth-order valence-corrected chi connectivity index (χ4v) is 14.2. The molecule has 2 spiro atoms. The van der Waals surface area contributed by atoms with Crippen LogP contribution in [0, 0.1) is 33.0 Å². The smallest absolute Gasteiger partial charge is 0.303 e. The summed E-state index contributed by atoms with van der Waals surface area (Å²) < 4.78 is 29.9. The summed E-state index contributed by atoms with van der Waals surface area (Å²) in [6.07, 6.45) is 13.8. The van der Waals surface area contributed by atoms with Crippen LogP contribution in [0.4, 0.5) is 0 Å². The molecule has 0 bridgehead atoms. The molecule has 7 fully saturated rings. The topological polar surface area (TPSA) is 177 Å². The van der Waals surface area contributed by atoms with Crippen molar-refractivity contribution in [2.75, 3.05) is 26.2 Å². The van der Waals surface area contributed by atoms with Gasteiger partial charge in [0.15, 0.2) is 0 Å². The number of piperidine rings is 1. The Bertz CT molecular complexity index is 1880. The third-order valence-electron chi connectivity index (χ3n) is 17.2. The molecule has 61 heavy (non-hydrogen) atoms. The average molecular weight is 870 g/mol. The quantitative estimate of drug-likeness (QED) is 0.195. The van der Waals surface area contributed by atoms with Crippen LogP contribution in [0.25, 0.3) is 0 Å². The number of nitrogens with one attached hydrogen (secondary N) is 4. The number of nitrogens with zero attached hydrogens (tertiary/aromatic N) is 3. The molecule has 15 heteroatoms. The van der Waals surface area contributed by atoms with E-state index in [4.69, 9.17) is 0 Å². The number of rotatable bonds is 13. The summed E-state index contributed by atoms with van der Waals surface area (Å²) >= 11 is 0. The van der Waals surface area contributed by atoms with Gasteiger partial charge in [0, 0.05) is 37.0 Å². The lowest BCUT2D eigenvalue weighted by Crippen LogP contribution is -2.65. The normalized spacial score (nSPS) is 32.7. The van der Waals surface area contributed by atoms with Gasteiger partial charge in [-0.1, -0.05) is 79.7 Å². The molecule has 3 aliphatic heterocycles. The number of fused-ring (bicyclic) bond motifs is 1. The van der Waals surface area contributed by atoms with Gasteiger partial charge in [0.25, 0.3) is 5.91 Å². The first-order chi connectivity index (χ1) is 28.5. The minimum Gasteiger partial charge on any atom is -0.342 e. The molecule has 0 aromatic rings. The molecule has 0 aromatic carbocycles. The number of hydrogen-bond acceptors (Lipinski definition) is 8. The van der Waals surface area contributed by atoms with Gasteiger partial charge >= 0.3 is 10.2 Å². The number of carbonyl (C=O) groups excluding carboxylic acids is 5. The van der Waals surface area contributed by atoms with Crippen molar-refractivity contribution in [2.24, 2.45) is 33.0 Å². The Morgan fingerprint density at radius 2 is 1.41 bits per heavy atom. The highest BCUT2D eigenvalue weighted by molar-refractivity contribution is 7.87. The van der Waals surface area contributed by atoms with Gasteiger partial charge in [0.1, 0.15) is 23.7 Å². The molecule has 7 aliphatic rings. The maximum absolute atomic E-state index is 15.4. The highest BCUT2D eigenvalue weighted by Gasteiger charge is 2.85. The van der Waals surface area contributed by atoms with E-state index in [9.17, 15) is 27.6 Å². The summed E-state index contributed by atoms with van der Waals surface area (Å²) in [6, 6.07) is -3.02. The van der Waals surface area contributed by atoms with Gasteiger partial charge in [-0.15, -0.1) is 6.58 Å². The fraction of sp³-hybridized carbons (Fsp3) is 0.848. The molecule has 7 atom stereocenters. The molecule has 342 valence electrons. The van der Waals surface area contributed by atoms with E-state index in [0.717, 1.165) is 77.2 Å². The predicted octanol–water partition coefficient (Wildman–Crippen LogP) is 4.55. The second-order valence-electron chi connectivity index (χ2n) is 22.2. The second-order valence-corrected chi connectivity index (χ2v) is 23.9. The van der Waals surface area contributed by atoms with Gasteiger partial charge in [-0.25, -0.2) is 4.72 Å². The summed E-state index contributed by atoms with van der Waals surface area (Å²) in [7, 11) is -4.11. The van der Waals surface area contributed by atoms with Gasteiger partial charge in [0.05, 0.1) is 6.04 Å². The van der Waals surface area contributed by atoms with Crippen LogP contribution in [0.3, 0.4) is 0 Å². The van der Waals surface area contributed by atoms with Crippen molar-refractivity contribution >= 4 is 39.7 Å². The van der Waals surface area contributed by atoms with Gasteiger partial charge in [-0.3, -0.25) is 28.9 Å². The molecule has 4 saturated carbocycles. The molecule has 0 radical (unpaired) electrons. The molecule has 4 N–H and O–H groups in total. The number of hydrogen-bond donors (Lipinski definition) is 4. The Labute approximate surface area is 365 Å². The van der Waals surface area contributed by atoms with Crippen LogP contribution in [0.15, 0.2) is 12.7 Å². The van der Waals surface area contributed by atoms with Gasteiger partial charge in [0.2, 0.25) is 23.6 Å². The van der Waals surface area contributed by atoms with E-state index < -0.39 is 68.3 Å². The third-order valence-corrected chi connectivity index (χ3v) is 18.7. The lowest BCUT2D eigenvalue weighted by molar-refractivity contribution is -0.146. The molecule has 3 saturated heterocycles. The Hall–Kier alpha value is -3.04. The summed E-state index contributed by atoms with van der Waals surface area (Å²) in [5, 5.41) is 9.41. The van der Waals surface area contributed by atoms with Crippen LogP contribution >= 0.6 is 0 Å². The van der Waals surface area contributed by atoms with Gasteiger partial charge in [-0.05, 0) is 106 Å². The van der Waals surface area contributed by atoms with Gasteiger partial charge in [-0.2, -0.15) is 12.7 Å². The molecule has 7 rings (SSSR count). The molecule has 4 aliphatic carbocycles. The second kappa shape index (κ2) is 16.2. The van der Waals surface area contributed by atoms with Crippen molar-refractivity contribution in [3.8, 4) is 0 Å². The van der Waals surface area contributed by atoms with Crippen molar-refractivity contribution < 1.29 is 32.4 Å². The zero-order valence-electron chi connectivity index (χ0n) is 38.3. The highest BCUT2D eigenvalue weighted by atomic mass is 32.2. The van der Waals surface area contributed by atoms with Crippen LogP contribution in [0.2, 0.25) is 0 Å². The van der Waals surface area contributed by atoms with Crippen LogP contribution < -0.4 is 20.7 Å². The van der Waals surface area contributed by atoms with Crippen LogP contribution in [0.1, 0.15) is 152 Å².